The van der Waals surface area contributed by atoms with Gasteiger partial charge in [-0.15, -0.1) is 0 Å². The SMILES string of the molecule is CCOC(=O)c1ccc(CNC(=O)Nc2cccc(NC(C)=O)c2)cc1. The van der Waals surface area contributed by atoms with Crippen molar-refractivity contribution in [2.24, 2.45) is 0 Å². The quantitative estimate of drug-likeness (QED) is 0.694. The molecule has 26 heavy (non-hydrogen) atoms. The molecule has 0 radical (unpaired) electrons. The van der Waals surface area contributed by atoms with Crippen molar-refractivity contribution >= 4 is 29.3 Å². The molecule has 3 N–H and O–H groups in total. The Bertz CT molecular complexity index is 788. The largest absolute Gasteiger partial charge is 0.462 e. The second-order valence-electron chi connectivity index (χ2n) is 5.49. The number of hydrogen-bond donors (Lipinski definition) is 3. The number of benzene rings is 2. The van der Waals surface area contributed by atoms with Crippen molar-refractivity contribution < 1.29 is 19.1 Å². The average Bonchev–Trinajstić information content (AvgIpc) is 2.60. The van der Waals surface area contributed by atoms with Gasteiger partial charge in [-0.05, 0) is 42.8 Å². The van der Waals surface area contributed by atoms with E-state index < -0.39 is 0 Å². The summed E-state index contributed by atoms with van der Waals surface area (Å²) in [4.78, 5) is 34.7. The molecule has 0 atom stereocenters. The van der Waals surface area contributed by atoms with Gasteiger partial charge in [0, 0.05) is 24.8 Å². The van der Waals surface area contributed by atoms with Crippen molar-refractivity contribution in [3.05, 3.63) is 59.7 Å². The number of ether oxygens (including phenoxy) is 1. The summed E-state index contributed by atoms with van der Waals surface area (Å²) in [6.07, 6.45) is 0. The molecule has 0 aromatic heterocycles. The fourth-order valence-corrected chi connectivity index (χ4v) is 2.21. The fourth-order valence-electron chi connectivity index (χ4n) is 2.21. The summed E-state index contributed by atoms with van der Waals surface area (Å²) in [5.74, 6) is -0.554. The highest BCUT2D eigenvalue weighted by atomic mass is 16.5. The monoisotopic (exact) mass is 355 g/mol. The normalized spacial score (nSPS) is 9.92. The number of amides is 3. The first-order valence-corrected chi connectivity index (χ1v) is 8.16. The lowest BCUT2D eigenvalue weighted by molar-refractivity contribution is -0.114. The molecule has 2 aromatic carbocycles. The second-order valence-corrected chi connectivity index (χ2v) is 5.49. The van der Waals surface area contributed by atoms with Gasteiger partial charge in [0.05, 0.1) is 12.2 Å². The van der Waals surface area contributed by atoms with E-state index in [0.29, 0.717) is 30.1 Å². The summed E-state index contributed by atoms with van der Waals surface area (Å²) < 4.78 is 4.92. The molecule has 0 fully saturated rings. The van der Waals surface area contributed by atoms with Gasteiger partial charge in [-0.1, -0.05) is 18.2 Å². The molecule has 0 aliphatic rings. The van der Waals surface area contributed by atoms with Crippen LogP contribution in [0.3, 0.4) is 0 Å². The molecular weight excluding hydrogens is 334 g/mol. The van der Waals surface area contributed by atoms with Crippen molar-refractivity contribution in [3.8, 4) is 0 Å². The van der Waals surface area contributed by atoms with Gasteiger partial charge >= 0.3 is 12.0 Å². The molecule has 0 aliphatic carbocycles. The van der Waals surface area contributed by atoms with E-state index in [4.69, 9.17) is 4.74 Å². The molecule has 2 rings (SSSR count). The number of anilines is 2. The summed E-state index contributed by atoms with van der Waals surface area (Å²) in [7, 11) is 0. The molecule has 0 saturated carbocycles. The van der Waals surface area contributed by atoms with E-state index in [0.717, 1.165) is 5.56 Å². The third-order valence-electron chi connectivity index (χ3n) is 3.36. The van der Waals surface area contributed by atoms with Gasteiger partial charge in [0.2, 0.25) is 5.91 Å². The molecule has 0 unspecified atom stereocenters. The van der Waals surface area contributed by atoms with E-state index in [1.54, 1.807) is 55.5 Å². The Morgan fingerprint density at radius 1 is 0.962 bits per heavy atom. The summed E-state index contributed by atoms with van der Waals surface area (Å²) in [5, 5.41) is 8.08. The smallest absolute Gasteiger partial charge is 0.338 e. The summed E-state index contributed by atoms with van der Waals surface area (Å²) in [6.45, 7) is 3.80. The highest BCUT2D eigenvalue weighted by Gasteiger charge is 2.07. The Morgan fingerprint density at radius 2 is 1.62 bits per heavy atom. The van der Waals surface area contributed by atoms with Crippen LogP contribution in [0.2, 0.25) is 0 Å². The number of esters is 1. The van der Waals surface area contributed by atoms with Crippen LogP contribution in [0.15, 0.2) is 48.5 Å². The molecule has 0 heterocycles. The summed E-state index contributed by atoms with van der Waals surface area (Å²) in [5.41, 5.74) is 2.48. The molecular formula is C19H21N3O4. The predicted octanol–water partition coefficient (Wildman–Crippen LogP) is 3.14. The Labute approximate surface area is 151 Å². The Morgan fingerprint density at radius 3 is 2.23 bits per heavy atom. The van der Waals surface area contributed by atoms with Gasteiger partial charge < -0.3 is 20.7 Å². The van der Waals surface area contributed by atoms with Crippen molar-refractivity contribution in [2.75, 3.05) is 17.2 Å². The third kappa shape index (κ3) is 5.94. The number of hydrogen-bond acceptors (Lipinski definition) is 4. The first-order chi connectivity index (χ1) is 12.5. The highest BCUT2D eigenvalue weighted by Crippen LogP contribution is 2.15. The van der Waals surface area contributed by atoms with Crippen molar-refractivity contribution in [2.45, 2.75) is 20.4 Å². The summed E-state index contributed by atoms with van der Waals surface area (Å²) >= 11 is 0. The molecule has 0 spiro atoms. The van der Waals surface area contributed by atoms with Crippen LogP contribution in [0.1, 0.15) is 29.8 Å². The number of carbonyl (C=O) groups is 3. The van der Waals surface area contributed by atoms with Crippen molar-refractivity contribution in [1.29, 1.82) is 0 Å². The standard InChI is InChI=1S/C19H21N3O4/c1-3-26-18(24)15-9-7-14(8-10-15)12-20-19(25)22-17-6-4-5-16(11-17)21-13(2)23/h4-11H,3,12H2,1-2H3,(H,21,23)(H2,20,22,25). The third-order valence-corrected chi connectivity index (χ3v) is 3.36. The topological polar surface area (TPSA) is 96.5 Å². The Balaban J connectivity index is 1.87. The molecule has 7 nitrogen and oxygen atoms in total. The molecule has 2 aromatic rings. The van der Waals surface area contributed by atoms with Crippen LogP contribution in [0.4, 0.5) is 16.2 Å². The summed E-state index contributed by atoms with van der Waals surface area (Å²) in [6, 6.07) is 13.3. The lowest BCUT2D eigenvalue weighted by Crippen LogP contribution is -2.28. The number of carbonyl (C=O) groups excluding carboxylic acids is 3. The fraction of sp³-hybridized carbons (Fsp3) is 0.211. The van der Waals surface area contributed by atoms with Crippen LogP contribution in [-0.4, -0.2) is 24.5 Å². The Hall–Kier alpha value is -3.35. The molecule has 0 bridgehead atoms. The average molecular weight is 355 g/mol. The lowest BCUT2D eigenvalue weighted by atomic mass is 10.1. The van der Waals surface area contributed by atoms with Crippen molar-refractivity contribution in [3.63, 3.8) is 0 Å². The van der Waals surface area contributed by atoms with Crippen LogP contribution in [0, 0.1) is 0 Å². The minimum absolute atomic E-state index is 0.183. The van der Waals surface area contributed by atoms with E-state index in [1.165, 1.54) is 6.92 Å². The van der Waals surface area contributed by atoms with Crippen LogP contribution >= 0.6 is 0 Å². The molecule has 3 amide bonds. The highest BCUT2D eigenvalue weighted by molar-refractivity contribution is 5.92. The zero-order valence-corrected chi connectivity index (χ0v) is 14.7. The zero-order valence-electron chi connectivity index (χ0n) is 14.7. The maximum absolute atomic E-state index is 12.0. The molecule has 136 valence electrons. The Kier molecular flexibility index (Phi) is 6.73. The van der Waals surface area contributed by atoms with E-state index in [-0.39, 0.29) is 17.9 Å². The lowest BCUT2D eigenvalue weighted by Gasteiger charge is -2.10. The maximum Gasteiger partial charge on any atom is 0.338 e. The van der Waals surface area contributed by atoms with Gasteiger partial charge in [0.15, 0.2) is 0 Å². The van der Waals surface area contributed by atoms with Gasteiger partial charge in [-0.3, -0.25) is 4.79 Å². The zero-order chi connectivity index (χ0) is 18.9. The van der Waals surface area contributed by atoms with Gasteiger partial charge in [0.25, 0.3) is 0 Å². The van der Waals surface area contributed by atoms with E-state index in [1.807, 2.05) is 0 Å². The number of nitrogens with one attached hydrogen (secondary N) is 3. The molecule has 0 aliphatic heterocycles. The predicted molar refractivity (Wildman–Crippen MR) is 99.0 cm³/mol. The maximum atomic E-state index is 12.0. The van der Waals surface area contributed by atoms with Gasteiger partial charge in [-0.25, -0.2) is 9.59 Å². The second kappa shape index (κ2) is 9.22. The van der Waals surface area contributed by atoms with Crippen LogP contribution in [0.5, 0.6) is 0 Å². The molecule has 7 heteroatoms. The number of rotatable bonds is 6. The minimum Gasteiger partial charge on any atom is -0.462 e. The van der Waals surface area contributed by atoms with Crippen LogP contribution < -0.4 is 16.0 Å². The van der Waals surface area contributed by atoms with Crippen molar-refractivity contribution in [1.82, 2.24) is 5.32 Å². The first-order valence-electron chi connectivity index (χ1n) is 8.16. The molecule has 0 saturated heterocycles. The van der Waals surface area contributed by atoms with E-state index in [9.17, 15) is 14.4 Å². The van der Waals surface area contributed by atoms with Gasteiger partial charge in [-0.2, -0.15) is 0 Å². The minimum atomic E-state index is -0.376. The first kappa shape index (κ1) is 19.0. The van der Waals surface area contributed by atoms with E-state index >= 15 is 0 Å². The van der Waals surface area contributed by atoms with Crippen LogP contribution in [-0.2, 0) is 16.1 Å². The van der Waals surface area contributed by atoms with E-state index in [2.05, 4.69) is 16.0 Å². The van der Waals surface area contributed by atoms with Gasteiger partial charge in [0.1, 0.15) is 0 Å². The van der Waals surface area contributed by atoms with Crippen LogP contribution in [0.25, 0.3) is 0 Å². The number of urea groups is 1.